The largest absolute Gasteiger partial charge is 0.355 e. The summed E-state index contributed by atoms with van der Waals surface area (Å²) in [5, 5.41) is 8.92. The van der Waals surface area contributed by atoms with Crippen LogP contribution in [0.3, 0.4) is 0 Å². The second-order valence-electron chi connectivity index (χ2n) is 6.72. The van der Waals surface area contributed by atoms with Crippen molar-refractivity contribution >= 4 is 5.82 Å². The smallest absolute Gasteiger partial charge is 0.151 e. The molecule has 0 spiro atoms. The second-order valence-corrected chi connectivity index (χ2v) is 6.72. The van der Waals surface area contributed by atoms with Gasteiger partial charge in [-0.15, -0.1) is 10.2 Å². The summed E-state index contributed by atoms with van der Waals surface area (Å²) < 4.78 is 2.25. The Bertz CT molecular complexity index is 810. The fraction of sp³-hybridized carbons (Fsp3) is 0.350. The Balaban J connectivity index is 1.45. The van der Waals surface area contributed by atoms with Crippen LogP contribution in [0.5, 0.6) is 0 Å². The minimum atomic E-state index is 0.622. The number of imidazole rings is 1. The Morgan fingerprint density at radius 3 is 2.68 bits per heavy atom. The van der Waals surface area contributed by atoms with Crippen molar-refractivity contribution in [3.05, 3.63) is 60.7 Å². The van der Waals surface area contributed by atoms with Crippen molar-refractivity contribution in [1.82, 2.24) is 19.7 Å². The molecule has 25 heavy (non-hydrogen) atoms. The van der Waals surface area contributed by atoms with Crippen LogP contribution in [0.25, 0.3) is 11.3 Å². The molecule has 5 heteroatoms. The Morgan fingerprint density at radius 2 is 1.96 bits per heavy atom. The molecule has 1 fully saturated rings. The average Bonchev–Trinajstić information content (AvgIpc) is 3.07. The zero-order chi connectivity index (χ0) is 17.1. The summed E-state index contributed by atoms with van der Waals surface area (Å²) in [5.74, 6) is 2.69. The van der Waals surface area contributed by atoms with Crippen LogP contribution in [0.1, 0.15) is 18.7 Å². The Kier molecular flexibility index (Phi) is 4.46. The van der Waals surface area contributed by atoms with Gasteiger partial charge in [0.1, 0.15) is 5.82 Å². The number of aromatic nitrogens is 4. The Labute approximate surface area is 148 Å². The molecule has 0 bridgehead atoms. The van der Waals surface area contributed by atoms with E-state index in [0.29, 0.717) is 5.92 Å². The molecule has 5 nitrogen and oxygen atoms in total. The topological polar surface area (TPSA) is 46.8 Å². The molecule has 0 unspecified atom stereocenters. The summed E-state index contributed by atoms with van der Waals surface area (Å²) in [6.45, 7) is 5.17. The first-order chi connectivity index (χ1) is 12.3. The maximum absolute atomic E-state index is 4.48. The van der Waals surface area contributed by atoms with Gasteiger partial charge in [0.15, 0.2) is 5.82 Å². The quantitative estimate of drug-likeness (QED) is 0.732. The van der Waals surface area contributed by atoms with Crippen molar-refractivity contribution in [2.24, 2.45) is 5.92 Å². The predicted octanol–water partition coefficient (Wildman–Crippen LogP) is 3.57. The first-order valence-corrected chi connectivity index (χ1v) is 8.91. The summed E-state index contributed by atoms with van der Waals surface area (Å²) in [6, 6.07) is 14.4. The highest BCUT2D eigenvalue weighted by Crippen LogP contribution is 2.24. The molecule has 0 saturated carbocycles. The molecule has 1 saturated heterocycles. The molecule has 3 aromatic rings. The van der Waals surface area contributed by atoms with Crippen molar-refractivity contribution in [3.8, 4) is 11.3 Å². The average molecular weight is 333 g/mol. The standard InChI is InChI=1S/C20H23N5/c1-16-21-11-13-24(16)14-17-6-5-12-25(15-17)20-10-9-19(22-23-20)18-7-3-2-4-8-18/h2-4,7-11,13,17H,5-6,12,14-15H2,1H3/t17-/m1/s1. The Morgan fingerprint density at radius 1 is 1.08 bits per heavy atom. The normalized spacial score (nSPS) is 17.6. The van der Waals surface area contributed by atoms with Gasteiger partial charge in [0.05, 0.1) is 5.69 Å². The first kappa shape index (κ1) is 15.8. The van der Waals surface area contributed by atoms with E-state index in [1.54, 1.807) is 0 Å². The van der Waals surface area contributed by atoms with Crippen LogP contribution in [0.2, 0.25) is 0 Å². The maximum atomic E-state index is 4.48. The SMILES string of the molecule is Cc1nccn1C[C@H]1CCCN(c2ccc(-c3ccccc3)nn2)C1. The molecule has 0 N–H and O–H groups in total. The van der Waals surface area contributed by atoms with Crippen LogP contribution in [-0.4, -0.2) is 32.8 Å². The highest BCUT2D eigenvalue weighted by molar-refractivity contribution is 5.59. The lowest BCUT2D eigenvalue weighted by Gasteiger charge is -2.33. The molecule has 1 atom stereocenters. The Hall–Kier alpha value is -2.69. The monoisotopic (exact) mass is 333 g/mol. The van der Waals surface area contributed by atoms with E-state index in [0.717, 1.165) is 42.5 Å². The van der Waals surface area contributed by atoms with Gasteiger partial charge in [-0.05, 0) is 37.8 Å². The van der Waals surface area contributed by atoms with E-state index in [2.05, 4.69) is 62.0 Å². The fourth-order valence-corrected chi connectivity index (χ4v) is 3.55. The molecule has 4 rings (SSSR count). The first-order valence-electron chi connectivity index (χ1n) is 8.91. The molecular weight excluding hydrogens is 310 g/mol. The number of nitrogens with zero attached hydrogens (tertiary/aromatic N) is 5. The molecule has 2 aromatic heterocycles. The summed E-state index contributed by atoms with van der Waals surface area (Å²) in [6.07, 6.45) is 6.40. The van der Waals surface area contributed by atoms with Crippen LogP contribution >= 0.6 is 0 Å². The van der Waals surface area contributed by atoms with E-state index in [9.17, 15) is 0 Å². The van der Waals surface area contributed by atoms with Gasteiger partial charge in [-0.2, -0.15) is 0 Å². The van der Waals surface area contributed by atoms with Gasteiger partial charge < -0.3 is 9.47 Å². The van der Waals surface area contributed by atoms with E-state index in [4.69, 9.17) is 0 Å². The third-order valence-electron chi connectivity index (χ3n) is 4.94. The molecule has 128 valence electrons. The van der Waals surface area contributed by atoms with Crippen molar-refractivity contribution in [1.29, 1.82) is 0 Å². The highest BCUT2D eigenvalue weighted by atomic mass is 15.3. The molecule has 3 heterocycles. The van der Waals surface area contributed by atoms with Crippen molar-refractivity contribution < 1.29 is 0 Å². The summed E-state index contributed by atoms with van der Waals surface area (Å²) in [7, 11) is 0. The molecule has 1 aromatic carbocycles. The van der Waals surface area contributed by atoms with Gasteiger partial charge in [0, 0.05) is 37.6 Å². The zero-order valence-corrected chi connectivity index (χ0v) is 14.5. The van der Waals surface area contributed by atoms with Crippen LogP contribution in [0, 0.1) is 12.8 Å². The number of aryl methyl sites for hydroxylation is 1. The van der Waals surface area contributed by atoms with Gasteiger partial charge in [-0.3, -0.25) is 0 Å². The lowest BCUT2D eigenvalue weighted by Crippen LogP contribution is -2.37. The number of hydrogen-bond donors (Lipinski definition) is 0. The third kappa shape index (κ3) is 3.55. The van der Waals surface area contributed by atoms with Gasteiger partial charge in [0.2, 0.25) is 0 Å². The predicted molar refractivity (Wildman–Crippen MR) is 99.4 cm³/mol. The second kappa shape index (κ2) is 7.05. The van der Waals surface area contributed by atoms with Gasteiger partial charge in [-0.1, -0.05) is 30.3 Å². The molecular formula is C20H23N5. The van der Waals surface area contributed by atoms with E-state index in [1.807, 2.05) is 24.4 Å². The zero-order valence-electron chi connectivity index (χ0n) is 14.5. The number of benzene rings is 1. The minimum Gasteiger partial charge on any atom is -0.355 e. The minimum absolute atomic E-state index is 0.622. The van der Waals surface area contributed by atoms with E-state index >= 15 is 0 Å². The molecule has 1 aliphatic rings. The lowest BCUT2D eigenvalue weighted by atomic mass is 9.98. The summed E-state index contributed by atoms with van der Waals surface area (Å²) in [5.41, 5.74) is 2.03. The van der Waals surface area contributed by atoms with Crippen molar-refractivity contribution in [2.45, 2.75) is 26.3 Å². The van der Waals surface area contributed by atoms with Gasteiger partial charge in [0.25, 0.3) is 0 Å². The number of rotatable bonds is 4. The number of anilines is 1. The van der Waals surface area contributed by atoms with Gasteiger partial charge in [-0.25, -0.2) is 4.98 Å². The van der Waals surface area contributed by atoms with Crippen LogP contribution < -0.4 is 4.90 Å². The number of hydrogen-bond acceptors (Lipinski definition) is 4. The van der Waals surface area contributed by atoms with E-state index < -0.39 is 0 Å². The van der Waals surface area contributed by atoms with Crippen LogP contribution in [0.4, 0.5) is 5.82 Å². The molecule has 0 amide bonds. The molecule has 0 aliphatic carbocycles. The highest BCUT2D eigenvalue weighted by Gasteiger charge is 2.22. The molecule has 1 aliphatic heterocycles. The fourth-order valence-electron chi connectivity index (χ4n) is 3.55. The summed E-state index contributed by atoms with van der Waals surface area (Å²) in [4.78, 5) is 6.69. The molecule has 0 radical (unpaired) electrons. The van der Waals surface area contributed by atoms with Crippen LogP contribution in [-0.2, 0) is 6.54 Å². The van der Waals surface area contributed by atoms with Crippen LogP contribution in [0.15, 0.2) is 54.9 Å². The van der Waals surface area contributed by atoms with Crippen molar-refractivity contribution in [3.63, 3.8) is 0 Å². The van der Waals surface area contributed by atoms with E-state index in [1.165, 1.54) is 12.8 Å². The van der Waals surface area contributed by atoms with Crippen molar-refractivity contribution in [2.75, 3.05) is 18.0 Å². The summed E-state index contributed by atoms with van der Waals surface area (Å²) >= 11 is 0. The lowest BCUT2D eigenvalue weighted by molar-refractivity contribution is 0.362. The maximum Gasteiger partial charge on any atom is 0.151 e. The van der Waals surface area contributed by atoms with E-state index in [-0.39, 0.29) is 0 Å². The third-order valence-corrected chi connectivity index (χ3v) is 4.94. The van der Waals surface area contributed by atoms with Gasteiger partial charge >= 0.3 is 0 Å². The number of piperidine rings is 1.